The number of aromatic nitrogens is 1. The van der Waals surface area contributed by atoms with E-state index >= 15 is 0 Å². The number of carbonyl (C=O) groups is 1. The van der Waals surface area contributed by atoms with Crippen molar-refractivity contribution in [1.29, 1.82) is 0 Å². The molecule has 0 aliphatic rings. The largest absolute Gasteiger partial charge is 0.468 e. The van der Waals surface area contributed by atoms with Crippen LogP contribution < -0.4 is 5.32 Å². The lowest BCUT2D eigenvalue weighted by Crippen LogP contribution is -2.39. The number of aromatic amines is 1. The second kappa shape index (κ2) is 6.74. The first-order valence-corrected chi connectivity index (χ1v) is 10.5. The third kappa shape index (κ3) is 5.07. The van der Waals surface area contributed by atoms with Crippen molar-refractivity contribution in [2.45, 2.75) is 23.9 Å². The van der Waals surface area contributed by atoms with Gasteiger partial charge < -0.3 is 15.0 Å². The zero-order valence-electron chi connectivity index (χ0n) is 15.3. The number of halogens is 5. The molecule has 0 saturated heterocycles. The molecule has 4 nitrogen and oxygen atoms in total. The van der Waals surface area contributed by atoms with Gasteiger partial charge in [0.1, 0.15) is 10.9 Å². The fraction of sp³-hybridized carbons (Fsp3) is 0.211. The molecule has 2 N–H and O–H groups in total. The van der Waals surface area contributed by atoms with Gasteiger partial charge in [-0.05, 0) is 29.3 Å². The standard InChI is InChI=1S/C19H19F5N2O2S/c1-28-19(27)18(10-14-12-26-17-5-3-2-4-16(14)17)25-11-13-6-8-15(9-7-13)29(20,21,22,23)24/h2-9,12,18,25-26H,10-11H2,1H3/t18-/m0/s1. The van der Waals surface area contributed by atoms with Crippen molar-refractivity contribution >= 4 is 27.1 Å². The first-order chi connectivity index (χ1) is 13.4. The molecule has 0 radical (unpaired) electrons. The molecule has 0 unspecified atom stereocenters. The zero-order valence-corrected chi connectivity index (χ0v) is 16.1. The Morgan fingerprint density at radius 3 is 2.34 bits per heavy atom. The topological polar surface area (TPSA) is 54.1 Å². The van der Waals surface area contributed by atoms with Crippen LogP contribution in [0.15, 0.2) is 59.6 Å². The van der Waals surface area contributed by atoms with E-state index < -0.39 is 27.1 Å². The van der Waals surface area contributed by atoms with E-state index in [0.29, 0.717) is 17.7 Å². The highest BCUT2D eigenvalue weighted by molar-refractivity contribution is 8.45. The van der Waals surface area contributed by atoms with Gasteiger partial charge in [-0.3, -0.25) is 4.79 Å². The van der Waals surface area contributed by atoms with Gasteiger partial charge in [0.2, 0.25) is 0 Å². The quantitative estimate of drug-likeness (QED) is 0.371. The van der Waals surface area contributed by atoms with E-state index in [1.807, 2.05) is 24.3 Å². The van der Waals surface area contributed by atoms with Gasteiger partial charge in [-0.15, -0.1) is 0 Å². The van der Waals surface area contributed by atoms with Gasteiger partial charge >= 0.3 is 16.2 Å². The third-order valence-electron chi connectivity index (χ3n) is 4.51. The molecular formula is C19H19F5N2O2S. The van der Waals surface area contributed by atoms with Gasteiger partial charge in [-0.1, -0.05) is 49.8 Å². The molecule has 0 amide bonds. The van der Waals surface area contributed by atoms with Gasteiger partial charge in [0.15, 0.2) is 0 Å². The molecule has 0 aliphatic carbocycles. The van der Waals surface area contributed by atoms with Crippen LogP contribution in [0, 0.1) is 0 Å². The Hall–Kier alpha value is -2.59. The molecule has 29 heavy (non-hydrogen) atoms. The highest BCUT2D eigenvalue weighted by atomic mass is 32.5. The molecule has 3 aromatic rings. The molecule has 0 saturated carbocycles. The maximum absolute atomic E-state index is 12.8. The van der Waals surface area contributed by atoms with Crippen LogP contribution in [0.25, 0.3) is 10.9 Å². The van der Waals surface area contributed by atoms with Gasteiger partial charge in [-0.2, -0.15) is 0 Å². The van der Waals surface area contributed by atoms with E-state index in [9.17, 15) is 24.2 Å². The molecule has 10 heteroatoms. The van der Waals surface area contributed by atoms with Crippen LogP contribution in [0.3, 0.4) is 0 Å². The van der Waals surface area contributed by atoms with E-state index in [-0.39, 0.29) is 13.0 Å². The molecule has 158 valence electrons. The number of para-hydroxylation sites is 1. The second-order valence-electron chi connectivity index (χ2n) is 6.63. The fourth-order valence-corrected chi connectivity index (χ4v) is 3.66. The number of nitrogens with one attached hydrogen (secondary N) is 2. The van der Waals surface area contributed by atoms with Crippen LogP contribution in [-0.2, 0) is 22.5 Å². The van der Waals surface area contributed by atoms with Crippen LogP contribution in [0.1, 0.15) is 11.1 Å². The maximum Gasteiger partial charge on any atom is 0.323 e. The molecule has 2 aromatic carbocycles. The minimum absolute atomic E-state index is 0.00270. The van der Waals surface area contributed by atoms with E-state index in [1.54, 1.807) is 6.20 Å². The normalized spacial score (nSPS) is 15.5. The summed E-state index contributed by atoms with van der Waals surface area (Å²) in [5, 5.41) is 3.85. The monoisotopic (exact) mass is 434 g/mol. The van der Waals surface area contributed by atoms with Crippen molar-refractivity contribution in [3.63, 3.8) is 0 Å². The van der Waals surface area contributed by atoms with Crippen LogP contribution in [0.5, 0.6) is 0 Å². The first-order valence-electron chi connectivity index (χ1n) is 8.56. The summed E-state index contributed by atoms with van der Waals surface area (Å²) in [6.45, 7) is 0.00270. The van der Waals surface area contributed by atoms with Crippen molar-refractivity contribution in [2.24, 2.45) is 0 Å². The van der Waals surface area contributed by atoms with Crippen molar-refractivity contribution in [1.82, 2.24) is 10.3 Å². The molecule has 0 fully saturated rings. The number of H-pyrrole nitrogens is 1. The van der Waals surface area contributed by atoms with E-state index in [4.69, 9.17) is 4.74 Å². The van der Waals surface area contributed by atoms with Gasteiger partial charge in [0, 0.05) is 30.1 Å². The smallest absolute Gasteiger partial charge is 0.323 e. The average Bonchev–Trinajstić information content (AvgIpc) is 3.06. The Balaban J connectivity index is 1.74. The van der Waals surface area contributed by atoms with Crippen molar-refractivity contribution < 1.29 is 29.0 Å². The summed E-state index contributed by atoms with van der Waals surface area (Å²) in [5.74, 6) is -0.543. The van der Waals surface area contributed by atoms with Gasteiger partial charge in [0.05, 0.1) is 7.11 Å². The summed E-state index contributed by atoms with van der Waals surface area (Å²) >= 11 is 0. The number of ether oxygens (including phenoxy) is 1. The van der Waals surface area contributed by atoms with Gasteiger partial charge in [0.25, 0.3) is 0 Å². The fourth-order valence-electron chi connectivity index (χ4n) is 3.01. The number of hydrogen-bond acceptors (Lipinski definition) is 3. The van der Waals surface area contributed by atoms with Crippen molar-refractivity contribution in [3.8, 4) is 0 Å². The third-order valence-corrected chi connectivity index (χ3v) is 5.67. The average molecular weight is 434 g/mol. The van der Waals surface area contributed by atoms with Gasteiger partial charge in [-0.25, -0.2) is 0 Å². The Kier molecular flexibility index (Phi) is 4.91. The lowest BCUT2D eigenvalue weighted by molar-refractivity contribution is -0.143. The SMILES string of the molecule is COC(=O)[C@H](Cc1c[nH]c2ccccc12)NCc1ccc(S(F)(F)(F)(F)F)cc1. The number of methoxy groups -OCH3 is 1. The lowest BCUT2D eigenvalue weighted by Gasteiger charge is -2.40. The molecule has 1 heterocycles. The number of benzene rings is 2. The molecule has 1 atom stereocenters. The maximum atomic E-state index is 12.8. The minimum Gasteiger partial charge on any atom is -0.468 e. The zero-order chi connectivity index (χ0) is 21.3. The molecule has 0 spiro atoms. The highest BCUT2D eigenvalue weighted by Gasteiger charge is 2.65. The summed E-state index contributed by atoms with van der Waals surface area (Å²) in [6.07, 6.45) is 2.05. The molecule has 1 aromatic heterocycles. The first kappa shape index (κ1) is 21.1. The number of rotatable bonds is 7. The minimum atomic E-state index is -9.70. The lowest BCUT2D eigenvalue weighted by atomic mass is 10.0. The van der Waals surface area contributed by atoms with Crippen LogP contribution in [-0.4, -0.2) is 24.1 Å². The Morgan fingerprint density at radius 2 is 1.72 bits per heavy atom. The summed E-state index contributed by atoms with van der Waals surface area (Å²) < 4.78 is 68.8. The van der Waals surface area contributed by atoms with E-state index in [1.165, 1.54) is 7.11 Å². The van der Waals surface area contributed by atoms with Crippen molar-refractivity contribution in [3.05, 3.63) is 65.9 Å². The molecular weight excluding hydrogens is 415 g/mol. The summed E-state index contributed by atoms with van der Waals surface area (Å²) in [4.78, 5) is 13.3. The summed E-state index contributed by atoms with van der Waals surface area (Å²) in [7, 11) is -8.47. The number of fused-ring (bicyclic) bond motifs is 1. The number of carbonyl (C=O) groups excluding carboxylic acids is 1. The van der Waals surface area contributed by atoms with Crippen molar-refractivity contribution in [2.75, 3.05) is 7.11 Å². The molecule has 0 aliphatic heterocycles. The van der Waals surface area contributed by atoms with Crippen LogP contribution in [0.4, 0.5) is 19.4 Å². The van der Waals surface area contributed by atoms with Crippen LogP contribution >= 0.6 is 10.2 Å². The van der Waals surface area contributed by atoms with E-state index in [0.717, 1.165) is 28.6 Å². The predicted octanol–water partition coefficient (Wildman–Crippen LogP) is 5.70. The number of esters is 1. The van der Waals surface area contributed by atoms with Crippen LogP contribution in [0.2, 0.25) is 0 Å². The second-order valence-corrected chi connectivity index (χ2v) is 9.04. The summed E-state index contributed by atoms with van der Waals surface area (Å²) in [6, 6.07) is 9.37. The highest BCUT2D eigenvalue weighted by Crippen LogP contribution is 3.02. The van der Waals surface area contributed by atoms with E-state index in [2.05, 4.69) is 10.3 Å². The Morgan fingerprint density at radius 1 is 1.07 bits per heavy atom. The predicted molar refractivity (Wildman–Crippen MR) is 102 cm³/mol. The number of hydrogen-bond donors (Lipinski definition) is 2. The summed E-state index contributed by atoms with van der Waals surface area (Å²) in [5.41, 5.74) is 2.08. The Bertz CT molecular complexity index is 1030. The Labute approximate surface area is 163 Å². The molecule has 3 rings (SSSR count). The molecule has 0 bridgehead atoms.